The van der Waals surface area contributed by atoms with Crippen molar-refractivity contribution in [2.24, 2.45) is 10.3 Å². The number of amides is 3. The molecule has 244 valence electrons. The van der Waals surface area contributed by atoms with Crippen molar-refractivity contribution in [1.29, 1.82) is 0 Å². The SMILES string of the molecule is CC(C)(C)OC(=O)Nc1nc(C(=NOC2(C(=O)OC(c3ccccc3)c3ccccc3)CC2)C(=O)N[C@@H]2C(=O)N[C@H]2CN=[N+]=[N-])cs1. The smallest absolute Gasteiger partial charge is 0.413 e. The maximum Gasteiger partial charge on any atom is 0.413 e. The molecule has 0 bridgehead atoms. The van der Waals surface area contributed by atoms with Crippen LogP contribution in [-0.2, 0) is 28.7 Å². The van der Waals surface area contributed by atoms with Gasteiger partial charge in [0.15, 0.2) is 16.9 Å². The Morgan fingerprint density at radius 1 is 1.11 bits per heavy atom. The quantitative estimate of drug-likeness (QED) is 0.0482. The van der Waals surface area contributed by atoms with Crippen molar-refractivity contribution in [1.82, 2.24) is 15.6 Å². The normalized spacial score (nSPS) is 18.1. The predicted octanol–water partition coefficient (Wildman–Crippen LogP) is 4.37. The topological polar surface area (TPSA) is 206 Å². The number of hydrogen-bond donors (Lipinski definition) is 3. The first kappa shape index (κ1) is 32.9. The minimum Gasteiger partial charge on any atom is -0.450 e. The highest BCUT2D eigenvalue weighted by Crippen LogP contribution is 2.43. The van der Waals surface area contributed by atoms with Crippen LogP contribution in [0.15, 0.2) is 76.3 Å². The van der Waals surface area contributed by atoms with Crippen LogP contribution < -0.4 is 16.0 Å². The summed E-state index contributed by atoms with van der Waals surface area (Å²) in [6, 6.07) is 16.8. The standard InChI is InChI=1S/C31H32N8O7S/c1-30(2,3)45-29(43)37-28-35-21(17-47-28)23(26(41)36-22-20(16-33-39-32)34-25(22)40)38-46-31(14-15-31)27(42)44-24(18-10-6-4-7-11-18)19-12-8-5-9-13-19/h4-13,17,20,22,24H,14-16H2,1-3H3,(H,34,40)(H,36,41)(H,35,37,43)/t20-,22-/m0/s1. The summed E-state index contributed by atoms with van der Waals surface area (Å²) in [6.45, 7) is 5.03. The molecule has 3 amide bonds. The van der Waals surface area contributed by atoms with Crippen LogP contribution >= 0.6 is 11.3 Å². The summed E-state index contributed by atoms with van der Waals surface area (Å²) < 4.78 is 11.3. The van der Waals surface area contributed by atoms with Gasteiger partial charge in [-0.2, -0.15) is 0 Å². The highest BCUT2D eigenvalue weighted by molar-refractivity contribution is 7.14. The number of β-lactam (4-membered cyclic amide) rings is 1. The third-order valence-corrected chi connectivity index (χ3v) is 7.79. The average Bonchev–Trinajstić information content (AvgIpc) is 3.71. The Morgan fingerprint density at radius 2 is 1.74 bits per heavy atom. The van der Waals surface area contributed by atoms with E-state index in [4.69, 9.17) is 19.8 Å². The van der Waals surface area contributed by atoms with E-state index in [2.05, 4.69) is 36.1 Å². The second-order valence-electron chi connectivity index (χ2n) is 11.8. The molecule has 2 atom stereocenters. The number of ether oxygens (including phenoxy) is 2. The summed E-state index contributed by atoms with van der Waals surface area (Å²) in [6.07, 6.45) is -0.913. The lowest BCUT2D eigenvalue weighted by molar-refractivity contribution is -0.164. The van der Waals surface area contributed by atoms with E-state index in [1.54, 1.807) is 20.8 Å². The van der Waals surface area contributed by atoms with Gasteiger partial charge in [-0.1, -0.05) is 70.9 Å². The molecule has 2 fully saturated rings. The molecule has 2 aliphatic rings. The van der Waals surface area contributed by atoms with Crippen LogP contribution in [0.25, 0.3) is 10.4 Å². The maximum absolute atomic E-state index is 13.6. The van der Waals surface area contributed by atoms with Gasteiger partial charge in [0, 0.05) is 29.7 Å². The van der Waals surface area contributed by atoms with Crippen molar-refractivity contribution in [3.05, 3.63) is 93.3 Å². The number of nitrogens with zero attached hydrogens (tertiary/aromatic N) is 5. The van der Waals surface area contributed by atoms with Gasteiger partial charge < -0.3 is 24.9 Å². The van der Waals surface area contributed by atoms with Crippen LogP contribution in [0.5, 0.6) is 0 Å². The van der Waals surface area contributed by atoms with Crippen LogP contribution in [-0.4, -0.2) is 64.4 Å². The Hall–Kier alpha value is -5.47. The lowest BCUT2D eigenvalue weighted by Gasteiger charge is -2.36. The van der Waals surface area contributed by atoms with Gasteiger partial charge in [-0.3, -0.25) is 14.9 Å². The zero-order valence-corrected chi connectivity index (χ0v) is 26.5. The molecule has 0 radical (unpaired) electrons. The average molecular weight is 661 g/mol. The molecule has 1 aliphatic heterocycles. The molecule has 3 N–H and O–H groups in total. The second-order valence-corrected chi connectivity index (χ2v) is 12.6. The monoisotopic (exact) mass is 660 g/mol. The van der Waals surface area contributed by atoms with E-state index in [1.165, 1.54) is 5.38 Å². The summed E-state index contributed by atoms with van der Waals surface area (Å²) in [7, 11) is 0. The first-order chi connectivity index (χ1) is 22.5. The summed E-state index contributed by atoms with van der Waals surface area (Å²) in [4.78, 5) is 64.3. The molecular weight excluding hydrogens is 628 g/mol. The van der Waals surface area contributed by atoms with Crippen LogP contribution in [0.3, 0.4) is 0 Å². The van der Waals surface area contributed by atoms with Gasteiger partial charge in [-0.25, -0.2) is 14.6 Å². The number of thiazole rings is 1. The van der Waals surface area contributed by atoms with Crippen molar-refractivity contribution >= 4 is 46.1 Å². The van der Waals surface area contributed by atoms with Crippen LogP contribution in [0.2, 0.25) is 0 Å². The number of azide groups is 1. The first-order valence-electron chi connectivity index (χ1n) is 14.6. The highest BCUT2D eigenvalue weighted by Gasteiger charge is 2.56. The highest BCUT2D eigenvalue weighted by atomic mass is 32.1. The molecule has 15 nitrogen and oxygen atoms in total. The zero-order chi connectivity index (χ0) is 33.6. The number of rotatable bonds is 12. The van der Waals surface area contributed by atoms with Gasteiger partial charge in [-0.15, -0.1) is 11.3 Å². The first-order valence-corrected chi connectivity index (χ1v) is 15.5. The molecule has 0 unspecified atom stereocenters. The number of oxime groups is 1. The molecule has 1 aromatic heterocycles. The van der Waals surface area contributed by atoms with Crippen molar-refractivity contribution in [2.45, 2.75) is 63.0 Å². The summed E-state index contributed by atoms with van der Waals surface area (Å²) >= 11 is 0.994. The second kappa shape index (κ2) is 13.9. The van der Waals surface area contributed by atoms with Gasteiger partial charge >= 0.3 is 12.1 Å². The van der Waals surface area contributed by atoms with Crippen molar-refractivity contribution in [3.63, 3.8) is 0 Å². The Morgan fingerprint density at radius 3 is 2.30 bits per heavy atom. The Balaban J connectivity index is 1.38. The fraction of sp³-hybridized carbons (Fsp3) is 0.355. The fourth-order valence-electron chi connectivity index (χ4n) is 4.51. The van der Waals surface area contributed by atoms with Gasteiger partial charge in [0.1, 0.15) is 17.3 Å². The number of esters is 1. The molecule has 3 aromatic rings. The molecule has 1 aliphatic carbocycles. The third-order valence-electron chi connectivity index (χ3n) is 7.03. The van der Waals surface area contributed by atoms with E-state index >= 15 is 0 Å². The lowest BCUT2D eigenvalue weighted by atomic mass is 9.99. The molecule has 1 saturated heterocycles. The Bertz CT molecular complexity index is 1670. The lowest BCUT2D eigenvalue weighted by Crippen LogP contribution is -2.70. The van der Waals surface area contributed by atoms with Gasteiger partial charge in [0.05, 0.1) is 6.04 Å². The number of benzene rings is 2. The minimum absolute atomic E-state index is 0.000464. The van der Waals surface area contributed by atoms with Crippen LogP contribution in [0, 0.1) is 0 Å². The van der Waals surface area contributed by atoms with Crippen molar-refractivity contribution in [3.8, 4) is 0 Å². The van der Waals surface area contributed by atoms with Gasteiger partial charge in [0.2, 0.25) is 11.5 Å². The van der Waals surface area contributed by atoms with E-state index in [0.29, 0.717) is 0 Å². The molecule has 2 heterocycles. The fourth-order valence-corrected chi connectivity index (χ4v) is 5.19. The largest absolute Gasteiger partial charge is 0.450 e. The third kappa shape index (κ3) is 8.23. The number of carbonyl (C=O) groups is 4. The molecule has 5 rings (SSSR count). The molecule has 2 aromatic carbocycles. The Labute approximate surface area is 273 Å². The number of nitrogens with one attached hydrogen (secondary N) is 3. The molecular formula is C31H32N8O7S. The zero-order valence-electron chi connectivity index (χ0n) is 25.7. The molecule has 47 heavy (non-hydrogen) atoms. The van der Waals surface area contributed by atoms with Crippen molar-refractivity contribution in [2.75, 3.05) is 11.9 Å². The molecule has 0 spiro atoms. The minimum atomic E-state index is -1.46. The number of carbonyl (C=O) groups excluding carboxylic acids is 4. The van der Waals surface area contributed by atoms with Crippen molar-refractivity contribution < 1.29 is 33.5 Å². The number of hydrogen-bond acceptors (Lipinski definition) is 11. The number of aromatic nitrogens is 1. The Kier molecular flexibility index (Phi) is 9.72. The van der Waals surface area contributed by atoms with E-state index in [9.17, 15) is 19.2 Å². The van der Waals surface area contributed by atoms with Gasteiger partial charge in [-0.05, 0) is 37.4 Å². The van der Waals surface area contributed by atoms with E-state index in [1.807, 2.05) is 60.7 Å². The van der Waals surface area contributed by atoms with E-state index in [0.717, 1.165) is 22.5 Å². The van der Waals surface area contributed by atoms with Gasteiger partial charge in [0.25, 0.3) is 5.91 Å². The van der Waals surface area contributed by atoms with E-state index < -0.39 is 53.3 Å². The summed E-state index contributed by atoms with van der Waals surface area (Å²) in [5.41, 5.74) is 7.59. The summed E-state index contributed by atoms with van der Waals surface area (Å²) in [5.74, 6) is -2.00. The molecule has 1 saturated carbocycles. The van der Waals surface area contributed by atoms with Crippen LogP contribution in [0.1, 0.15) is 56.5 Å². The molecule has 16 heteroatoms. The number of anilines is 1. The maximum atomic E-state index is 13.6. The summed E-state index contributed by atoms with van der Waals surface area (Å²) in [5, 5.41) is 16.7. The predicted molar refractivity (Wildman–Crippen MR) is 170 cm³/mol. The van der Waals surface area contributed by atoms with E-state index in [-0.39, 0.29) is 35.9 Å². The van der Waals surface area contributed by atoms with Crippen LogP contribution in [0.4, 0.5) is 9.93 Å².